The molecule has 0 radical (unpaired) electrons. The van der Waals surface area contributed by atoms with E-state index in [4.69, 9.17) is 0 Å². The summed E-state index contributed by atoms with van der Waals surface area (Å²) in [6, 6.07) is 15.8. The average Bonchev–Trinajstić information content (AvgIpc) is 2.64. The van der Waals surface area contributed by atoms with Gasteiger partial charge in [-0.1, -0.05) is 113 Å². The Labute approximate surface area is 162 Å². The highest BCUT2D eigenvalue weighted by atomic mass is 14.1. The third-order valence-electron chi connectivity index (χ3n) is 5.49. The zero-order valence-electron chi connectivity index (χ0n) is 17.3. The van der Waals surface area contributed by atoms with Crippen LogP contribution in [0.15, 0.2) is 42.5 Å². The van der Waals surface area contributed by atoms with Crippen molar-refractivity contribution in [2.75, 3.05) is 0 Å². The van der Waals surface area contributed by atoms with Crippen LogP contribution in [0.4, 0.5) is 0 Å². The van der Waals surface area contributed by atoms with Gasteiger partial charge in [0.05, 0.1) is 0 Å². The van der Waals surface area contributed by atoms with Crippen molar-refractivity contribution >= 4 is 0 Å². The van der Waals surface area contributed by atoms with E-state index in [1.54, 1.807) is 0 Å². The molecular weight excluding hydrogens is 312 g/mol. The van der Waals surface area contributed by atoms with Crippen LogP contribution in [-0.4, -0.2) is 0 Å². The van der Waals surface area contributed by atoms with Crippen molar-refractivity contribution in [3.8, 4) is 11.1 Å². The summed E-state index contributed by atoms with van der Waals surface area (Å²) in [6.07, 6.45) is 15.2. The van der Waals surface area contributed by atoms with Gasteiger partial charge >= 0.3 is 0 Å². The molecule has 2 rings (SSSR count). The maximum absolute atomic E-state index is 2.32. The normalized spacial score (nSPS) is 11.0. The van der Waals surface area contributed by atoms with Crippen LogP contribution in [0.2, 0.25) is 0 Å². The third kappa shape index (κ3) is 6.98. The molecule has 0 heteroatoms. The van der Waals surface area contributed by atoms with E-state index in [1.807, 2.05) is 0 Å². The van der Waals surface area contributed by atoms with Gasteiger partial charge in [-0.2, -0.15) is 0 Å². The molecule has 0 amide bonds. The lowest BCUT2D eigenvalue weighted by atomic mass is 9.92. The smallest absolute Gasteiger partial charge is 0.0149 e. The molecule has 0 bridgehead atoms. The van der Waals surface area contributed by atoms with E-state index in [-0.39, 0.29) is 0 Å². The Morgan fingerprint density at radius 1 is 0.615 bits per heavy atom. The van der Waals surface area contributed by atoms with E-state index in [1.165, 1.54) is 98.4 Å². The molecule has 0 aliphatic heterocycles. The Balaban J connectivity index is 1.75. The van der Waals surface area contributed by atoms with Crippen LogP contribution in [0.1, 0.15) is 87.8 Å². The second-order valence-corrected chi connectivity index (χ2v) is 7.91. The molecule has 2 aromatic rings. The molecular formula is C26H38. The molecule has 0 atom stereocenters. The summed E-state index contributed by atoms with van der Waals surface area (Å²) in [5, 5.41) is 0. The lowest BCUT2D eigenvalue weighted by Gasteiger charge is -2.13. The van der Waals surface area contributed by atoms with Crippen molar-refractivity contribution in [3.05, 3.63) is 59.2 Å². The lowest BCUT2D eigenvalue weighted by Crippen LogP contribution is -1.93. The zero-order chi connectivity index (χ0) is 18.6. The van der Waals surface area contributed by atoms with Gasteiger partial charge < -0.3 is 0 Å². The fraction of sp³-hybridized carbons (Fsp3) is 0.538. The summed E-state index contributed by atoms with van der Waals surface area (Å²) in [5.41, 5.74) is 7.08. The van der Waals surface area contributed by atoms with Gasteiger partial charge in [0, 0.05) is 0 Å². The second kappa shape index (κ2) is 11.9. The van der Waals surface area contributed by atoms with Crippen LogP contribution in [0.3, 0.4) is 0 Å². The molecule has 0 aliphatic rings. The number of rotatable bonds is 12. The first-order chi connectivity index (χ1) is 12.7. The van der Waals surface area contributed by atoms with Crippen LogP contribution in [0, 0.1) is 13.8 Å². The van der Waals surface area contributed by atoms with Crippen LogP contribution in [0.5, 0.6) is 0 Å². The quantitative estimate of drug-likeness (QED) is 0.337. The van der Waals surface area contributed by atoms with E-state index in [9.17, 15) is 0 Å². The van der Waals surface area contributed by atoms with Gasteiger partial charge in [0.2, 0.25) is 0 Å². The molecule has 0 fully saturated rings. The summed E-state index contributed by atoms with van der Waals surface area (Å²) in [5.74, 6) is 0. The zero-order valence-corrected chi connectivity index (χ0v) is 17.3. The molecule has 0 aromatic heterocycles. The predicted molar refractivity (Wildman–Crippen MR) is 117 cm³/mol. The monoisotopic (exact) mass is 350 g/mol. The molecule has 2 aromatic carbocycles. The molecule has 0 N–H and O–H groups in total. The summed E-state index contributed by atoms with van der Waals surface area (Å²) >= 11 is 0. The highest BCUT2D eigenvalue weighted by Gasteiger charge is 2.07. The molecule has 142 valence electrons. The van der Waals surface area contributed by atoms with E-state index < -0.39 is 0 Å². The topological polar surface area (TPSA) is 0 Å². The average molecular weight is 351 g/mol. The molecule has 0 aliphatic carbocycles. The molecule has 0 nitrogen and oxygen atoms in total. The van der Waals surface area contributed by atoms with Crippen LogP contribution in [0.25, 0.3) is 11.1 Å². The summed E-state index contributed by atoms with van der Waals surface area (Å²) in [7, 11) is 0. The van der Waals surface area contributed by atoms with E-state index in [0.29, 0.717) is 0 Å². The maximum atomic E-state index is 2.32. The molecule has 0 unspecified atom stereocenters. The van der Waals surface area contributed by atoms with Crippen molar-refractivity contribution in [2.45, 2.75) is 91.4 Å². The van der Waals surface area contributed by atoms with E-state index >= 15 is 0 Å². The molecule has 0 heterocycles. The highest BCUT2D eigenvalue weighted by Crippen LogP contribution is 2.28. The summed E-state index contributed by atoms with van der Waals surface area (Å²) in [6.45, 7) is 6.70. The van der Waals surface area contributed by atoms with Crippen molar-refractivity contribution in [1.29, 1.82) is 0 Å². The van der Waals surface area contributed by atoms with Crippen molar-refractivity contribution in [1.82, 2.24) is 0 Å². The Morgan fingerprint density at radius 3 is 1.88 bits per heavy atom. The minimum atomic E-state index is 1.21. The number of hydrogen-bond acceptors (Lipinski definition) is 0. The second-order valence-electron chi connectivity index (χ2n) is 7.91. The minimum Gasteiger partial charge on any atom is -0.0654 e. The number of benzene rings is 2. The first-order valence-corrected chi connectivity index (χ1v) is 10.9. The first kappa shape index (κ1) is 20.7. The van der Waals surface area contributed by atoms with Gasteiger partial charge in [-0.3, -0.25) is 0 Å². The lowest BCUT2D eigenvalue weighted by molar-refractivity contribution is 0.556. The number of hydrogen-bond donors (Lipinski definition) is 0. The Kier molecular flexibility index (Phi) is 9.53. The SMILES string of the molecule is CCCCCCCCCCCCc1ccccc1-c1ccc(C)cc1C. The fourth-order valence-electron chi connectivity index (χ4n) is 3.92. The molecule has 26 heavy (non-hydrogen) atoms. The van der Waals surface area contributed by atoms with Crippen LogP contribution in [-0.2, 0) is 6.42 Å². The van der Waals surface area contributed by atoms with Gasteiger partial charge in [0.25, 0.3) is 0 Å². The minimum absolute atomic E-state index is 1.21. The highest BCUT2D eigenvalue weighted by molar-refractivity contribution is 5.70. The van der Waals surface area contributed by atoms with Gasteiger partial charge in [-0.15, -0.1) is 0 Å². The van der Waals surface area contributed by atoms with Crippen LogP contribution < -0.4 is 0 Å². The fourth-order valence-corrected chi connectivity index (χ4v) is 3.92. The molecule has 0 saturated heterocycles. The Morgan fingerprint density at radius 2 is 1.23 bits per heavy atom. The van der Waals surface area contributed by atoms with Crippen molar-refractivity contribution < 1.29 is 0 Å². The maximum Gasteiger partial charge on any atom is -0.0149 e. The van der Waals surface area contributed by atoms with Crippen LogP contribution >= 0.6 is 0 Å². The van der Waals surface area contributed by atoms with Crippen molar-refractivity contribution in [3.63, 3.8) is 0 Å². The Hall–Kier alpha value is -1.56. The van der Waals surface area contributed by atoms with Gasteiger partial charge in [-0.25, -0.2) is 0 Å². The van der Waals surface area contributed by atoms with E-state index in [0.717, 1.165) is 0 Å². The summed E-state index contributed by atoms with van der Waals surface area (Å²) in [4.78, 5) is 0. The van der Waals surface area contributed by atoms with Gasteiger partial charge in [0.1, 0.15) is 0 Å². The molecule has 0 saturated carbocycles. The number of unbranched alkanes of at least 4 members (excludes halogenated alkanes) is 9. The Bertz CT molecular complexity index is 638. The summed E-state index contributed by atoms with van der Waals surface area (Å²) < 4.78 is 0. The predicted octanol–water partition coefficient (Wildman–Crippen LogP) is 8.43. The third-order valence-corrected chi connectivity index (χ3v) is 5.49. The number of aryl methyl sites for hydroxylation is 3. The molecule has 0 spiro atoms. The van der Waals surface area contributed by atoms with Gasteiger partial charge in [-0.05, 0) is 48.9 Å². The first-order valence-electron chi connectivity index (χ1n) is 10.9. The largest absolute Gasteiger partial charge is 0.0654 e. The van der Waals surface area contributed by atoms with E-state index in [2.05, 4.69) is 63.2 Å². The van der Waals surface area contributed by atoms with Gasteiger partial charge in [0.15, 0.2) is 0 Å². The van der Waals surface area contributed by atoms with Crippen molar-refractivity contribution in [2.24, 2.45) is 0 Å². The standard InChI is InChI=1S/C26H38/c1-4-5-6-7-8-9-10-11-12-13-16-24-17-14-15-18-26(24)25-20-19-22(2)21-23(25)3/h14-15,17-21H,4-13,16H2,1-3H3.